The van der Waals surface area contributed by atoms with Crippen LogP contribution in [0.2, 0.25) is 0 Å². The summed E-state index contributed by atoms with van der Waals surface area (Å²) < 4.78 is 62.3. The lowest BCUT2D eigenvalue weighted by Gasteiger charge is -2.13. The van der Waals surface area contributed by atoms with Crippen molar-refractivity contribution in [2.24, 2.45) is 0 Å². The van der Waals surface area contributed by atoms with Crippen molar-refractivity contribution in [3.63, 3.8) is 0 Å². The predicted octanol–water partition coefficient (Wildman–Crippen LogP) is 3.23. The average molecular weight is 306 g/mol. The second-order valence-corrected chi connectivity index (χ2v) is 3.42. The Labute approximate surface area is 94.6 Å². The molecule has 0 aliphatic carbocycles. The molecule has 0 fully saturated rings. The predicted molar refractivity (Wildman–Crippen MR) is 49.7 cm³/mol. The van der Waals surface area contributed by atoms with Crippen molar-refractivity contribution in [2.45, 2.75) is 17.9 Å². The van der Waals surface area contributed by atoms with Crippen LogP contribution >= 0.6 is 15.9 Å². The van der Waals surface area contributed by atoms with E-state index in [2.05, 4.69) is 15.9 Å². The number of rotatable bonds is 2. The van der Waals surface area contributed by atoms with E-state index in [1.165, 1.54) is 0 Å². The van der Waals surface area contributed by atoms with E-state index < -0.39 is 29.3 Å². The Morgan fingerprint density at radius 3 is 2.31 bits per heavy atom. The lowest BCUT2D eigenvalue weighted by atomic mass is 10.1. The molecule has 0 unspecified atom stereocenters. The number of halogens is 6. The van der Waals surface area contributed by atoms with Gasteiger partial charge in [0.15, 0.2) is 0 Å². The van der Waals surface area contributed by atoms with Gasteiger partial charge in [-0.15, -0.1) is 0 Å². The molecule has 0 amide bonds. The van der Waals surface area contributed by atoms with Gasteiger partial charge in [0.25, 0.3) is 12.0 Å². The monoisotopic (exact) mass is 305 g/mol. The molecule has 0 bridgehead atoms. The molecule has 0 aliphatic rings. The summed E-state index contributed by atoms with van der Waals surface area (Å²) in [5, 5.41) is -0.202. The molecular weight excluding hydrogens is 301 g/mol. The fraction of sp³-hybridized carbons (Fsp3) is 0.375. The van der Waals surface area contributed by atoms with E-state index in [0.717, 1.165) is 6.20 Å². The van der Waals surface area contributed by atoms with Gasteiger partial charge in [-0.3, -0.25) is 4.79 Å². The molecule has 2 nitrogen and oxygen atoms in total. The van der Waals surface area contributed by atoms with Crippen molar-refractivity contribution in [1.29, 1.82) is 0 Å². The van der Waals surface area contributed by atoms with Crippen molar-refractivity contribution in [3.8, 4) is 0 Å². The van der Waals surface area contributed by atoms with Gasteiger partial charge in [-0.2, -0.15) is 13.2 Å². The van der Waals surface area contributed by atoms with E-state index >= 15 is 0 Å². The maximum Gasteiger partial charge on any atom is 0.422 e. The normalized spacial score (nSPS) is 12.2. The zero-order valence-electron chi connectivity index (χ0n) is 7.54. The van der Waals surface area contributed by atoms with E-state index in [0.29, 0.717) is 0 Å². The van der Waals surface area contributed by atoms with Crippen LogP contribution in [0.3, 0.4) is 0 Å². The third kappa shape index (κ3) is 2.42. The average Bonchev–Trinajstić information content (AvgIpc) is 2.15. The van der Waals surface area contributed by atoms with Gasteiger partial charge in [0.1, 0.15) is 5.56 Å². The summed E-state index contributed by atoms with van der Waals surface area (Å²) in [7, 11) is 0. The van der Waals surface area contributed by atoms with E-state index in [1.807, 2.05) is 0 Å². The smallest absolute Gasteiger partial charge is 0.328 e. The minimum Gasteiger partial charge on any atom is -0.328 e. The maximum atomic E-state index is 12.5. The third-order valence-corrected chi connectivity index (χ3v) is 2.47. The SMILES string of the molecule is O=c1[nH]cc(CBr)c(C(F)F)c1C(F)(F)F. The molecular formula is C8H5BrF5NO. The Kier molecular flexibility index (Phi) is 3.72. The molecule has 8 heteroatoms. The van der Waals surface area contributed by atoms with Gasteiger partial charge in [-0.05, 0) is 5.56 Å². The first-order chi connectivity index (χ1) is 7.29. The standard InChI is InChI=1S/C8H5BrF5NO/c9-1-3-2-15-7(16)5(8(12,13)14)4(3)6(10)11/h2,6H,1H2,(H,15,16). The van der Waals surface area contributed by atoms with Crippen molar-refractivity contribution in [1.82, 2.24) is 4.98 Å². The molecule has 0 atom stereocenters. The first-order valence-electron chi connectivity index (χ1n) is 3.94. The summed E-state index contributed by atoms with van der Waals surface area (Å²) in [4.78, 5) is 12.7. The minimum atomic E-state index is -5.10. The molecule has 1 aromatic rings. The van der Waals surface area contributed by atoms with Crippen LogP contribution in [0.15, 0.2) is 11.0 Å². The van der Waals surface area contributed by atoms with Gasteiger partial charge >= 0.3 is 6.18 Å². The van der Waals surface area contributed by atoms with Crippen LogP contribution in [0, 0.1) is 0 Å². The highest BCUT2D eigenvalue weighted by molar-refractivity contribution is 9.08. The van der Waals surface area contributed by atoms with Crippen LogP contribution in [0.25, 0.3) is 0 Å². The number of nitrogens with one attached hydrogen (secondary N) is 1. The first kappa shape index (κ1) is 13.1. The van der Waals surface area contributed by atoms with E-state index in [-0.39, 0.29) is 10.9 Å². The van der Waals surface area contributed by atoms with Gasteiger partial charge in [0, 0.05) is 17.1 Å². The van der Waals surface area contributed by atoms with Gasteiger partial charge in [-0.1, -0.05) is 15.9 Å². The number of pyridine rings is 1. The number of aromatic amines is 1. The van der Waals surface area contributed by atoms with Crippen LogP contribution in [0.4, 0.5) is 22.0 Å². The Balaban J connectivity index is 3.62. The second-order valence-electron chi connectivity index (χ2n) is 2.86. The topological polar surface area (TPSA) is 32.9 Å². The van der Waals surface area contributed by atoms with E-state index in [9.17, 15) is 26.7 Å². The van der Waals surface area contributed by atoms with Crippen LogP contribution in [0.1, 0.15) is 23.1 Å². The Morgan fingerprint density at radius 2 is 1.94 bits per heavy atom. The highest BCUT2D eigenvalue weighted by atomic mass is 79.9. The lowest BCUT2D eigenvalue weighted by Crippen LogP contribution is -2.25. The van der Waals surface area contributed by atoms with Crippen LogP contribution in [0.5, 0.6) is 0 Å². The van der Waals surface area contributed by atoms with E-state index in [1.54, 1.807) is 4.98 Å². The molecule has 16 heavy (non-hydrogen) atoms. The molecule has 1 N–H and O–H groups in total. The molecule has 0 saturated carbocycles. The van der Waals surface area contributed by atoms with Crippen molar-refractivity contribution in [3.05, 3.63) is 33.2 Å². The fourth-order valence-electron chi connectivity index (χ4n) is 1.23. The summed E-state index contributed by atoms with van der Waals surface area (Å²) >= 11 is 2.78. The molecule has 0 aliphatic heterocycles. The summed E-state index contributed by atoms with van der Waals surface area (Å²) in [6, 6.07) is 0. The summed E-state index contributed by atoms with van der Waals surface area (Å²) in [5.74, 6) is 0. The Morgan fingerprint density at radius 1 is 1.38 bits per heavy atom. The summed E-state index contributed by atoms with van der Waals surface area (Å²) in [6.07, 6.45) is -7.61. The van der Waals surface area contributed by atoms with Crippen molar-refractivity contribution < 1.29 is 22.0 Å². The fourth-order valence-corrected chi connectivity index (χ4v) is 1.69. The van der Waals surface area contributed by atoms with Gasteiger partial charge in [0.05, 0.1) is 0 Å². The molecule has 0 saturated heterocycles. The van der Waals surface area contributed by atoms with Gasteiger partial charge in [0.2, 0.25) is 0 Å². The summed E-state index contributed by atoms with van der Waals surface area (Å²) in [6.45, 7) is 0. The van der Waals surface area contributed by atoms with Gasteiger partial charge < -0.3 is 4.98 Å². The van der Waals surface area contributed by atoms with E-state index in [4.69, 9.17) is 0 Å². The molecule has 0 aromatic carbocycles. The number of hydrogen-bond acceptors (Lipinski definition) is 1. The maximum absolute atomic E-state index is 12.5. The molecule has 1 rings (SSSR count). The van der Waals surface area contributed by atoms with Crippen LogP contribution in [-0.4, -0.2) is 4.98 Å². The molecule has 0 spiro atoms. The number of H-pyrrole nitrogens is 1. The second kappa shape index (κ2) is 4.52. The zero-order chi connectivity index (χ0) is 12.5. The largest absolute Gasteiger partial charge is 0.422 e. The quantitative estimate of drug-likeness (QED) is 0.660. The van der Waals surface area contributed by atoms with Gasteiger partial charge in [-0.25, -0.2) is 8.78 Å². The van der Waals surface area contributed by atoms with Crippen LogP contribution < -0.4 is 5.56 Å². The number of alkyl halides is 6. The zero-order valence-corrected chi connectivity index (χ0v) is 9.12. The first-order valence-corrected chi connectivity index (χ1v) is 5.07. The lowest BCUT2D eigenvalue weighted by molar-refractivity contribution is -0.140. The molecule has 1 heterocycles. The minimum absolute atomic E-state index is 0.202. The van der Waals surface area contributed by atoms with Crippen LogP contribution in [-0.2, 0) is 11.5 Å². The molecule has 1 aromatic heterocycles. The Hall–Kier alpha value is -0.920. The number of hydrogen-bond donors (Lipinski definition) is 1. The van der Waals surface area contributed by atoms with Crippen molar-refractivity contribution in [2.75, 3.05) is 0 Å². The highest BCUT2D eigenvalue weighted by Gasteiger charge is 2.40. The molecule has 0 radical (unpaired) electrons. The molecule has 90 valence electrons. The Bertz CT molecular complexity index is 439. The van der Waals surface area contributed by atoms with Crippen molar-refractivity contribution >= 4 is 15.9 Å². The third-order valence-electron chi connectivity index (χ3n) is 1.87. The highest BCUT2D eigenvalue weighted by Crippen LogP contribution is 2.35. The number of aromatic nitrogens is 1. The summed E-state index contributed by atoms with van der Waals surface area (Å²) in [5.41, 5.74) is -4.96.